The summed E-state index contributed by atoms with van der Waals surface area (Å²) in [6.07, 6.45) is 3.66. The van der Waals surface area contributed by atoms with Crippen molar-refractivity contribution in [3.63, 3.8) is 0 Å². The van der Waals surface area contributed by atoms with Gasteiger partial charge in [0.15, 0.2) is 0 Å². The summed E-state index contributed by atoms with van der Waals surface area (Å²) in [7, 11) is 1.70. The summed E-state index contributed by atoms with van der Waals surface area (Å²) < 4.78 is 5.42. The molecule has 0 bridgehead atoms. The Morgan fingerprint density at radius 2 is 1.94 bits per heavy atom. The molecule has 0 radical (unpaired) electrons. The van der Waals surface area contributed by atoms with Crippen LogP contribution in [0.4, 0.5) is 0 Å². The molecule has 102 valence electrons. The summed E-state index contributed by atoms with van der Waals surface area (Å²) in [5, 5.41) is 0. The molecule has 18 heavy (non-hydrogen) atoms. The third-order valence-electron chi connectivity index (χ3n) is 3.08. The lowest BCUT2D eigenvalue weighted by atomic mass is 9.86. The molecule has 0 saturated heterocycles. The molecule has 1 rings (SSSR count). The third kappa shape index (κ3) is 3.98. The number of nitrogens with zero attached hydrogens (tertiary/aromatic N) is 1. The van der Waals surface area contributed by atoms with Gasteiger partial charge in [-0.25, -0.2) is 0 Å². The monoisotopic (exact) mass is 250 g/mol. The first-order valence-corrected chi connectivity index (χ1v) is 6.49. The van der Waals surface area contributed by atoms with E-state index in [1.807, 2.05) is 13.1 Å². The fourth-order valence-corrected chi connectivity index (χ4v) is 2.38. The van der Waals surface area contributed by atoms with Gasteiger partial charge in [0, 0.05) is 35.5 Å². The minimum absolute atomic E-state index is 0.142. The van der Waals surface area contributed by atoms with E-state index >= 15 is 0 Å². The quantitative estimate of drug-likeness (QED) is 0.893. The van der Waals surface area contributed by atoms with Gasteiger partial charge in [-0.05, 0) is 25.7 Å². The van der Waals surface area contributed by atoms with Crippen molar-refractivity contribution in [1.29, 1.82) is 0 Å². The zero-order valence-electron chi connectivity index (χ0n) is 12.5. The summed E-state index contributed by atoms with van der Waals surface area (Å²) in [5.41, 5.74) is 9.70. The molecular weight excluding hydrogens is 224 g/mol. The first kappa shape index (κ1) is 15.0. The van der Waals surface area contributed by atoms with Crippen LogP contribution >= 0.6 is 0 Å². The highest BCUT2D eigenvalue weighted by molar-refractivity contribution is 5.41. The Morgan fingerprint density at radius 3 is 2.44 bits per heavy atom. The molecular formula is C15H26N2O. The zero-order chi connectivity index (χ0) is 13.9. The van der Waals surface area contributed by atoms with Gasteiger partial charge < -0.3 is 10.5 Å². The van der Waals surface area contributed by atoms with Crippen molar-refractivity contribution in [1.82, 2.24) is 4.98 Å². The molecule has 1 aromatic heterocycles. The fourth-order valence-electron chi connectivity index (χ4n) is 2.38. The van der Waals surface area contributed by atoms with Gasteiger partial charge in [0.2, 0.25) is 0 Å². The molecule has 1 aromatic rings. The number of hydrogen-bond acceptors (Lipinski definition) is 3. The maximum absolute atomic E-state index is 6.21. The molecule has 0 amide bonds. The Bertz CT molecular complexity index is 408. The van der Waals surface area contributed by atoms with E-state index in [0.717, 1.165) is 35.4 Å². The number of methoxy groups -OCH3 is 1. The SMILES string of the molecule is COc1c(C)cnc(CC(N)CC(C)(C)C)c1C. The van der Waals surface area contributed by atoms with Gasteiger partial charge in [0.1, 0.15) is 5.75 Å². The van der Waals surface area contributed by atoms with Gasteiger partial charge in [-0.15, -0.1) is 0 Å². The molecule has 1 atom stereocenters. The van der Waals surface area contributed by atoms with Crippen LogP contribution in [0.3, 0.4) is 0 Å². The van der Waals surface area contributed by atoms with E-state index in [0.29, 0.717) is 0 Å². The molecule has 0 fully saturated rings. The lowest BCUT2D eigenvalue weighted by molar-refractivity contribution is 0.337. The Balaban J connectivity index is 2.85. The van der Waals surface area contributed by atoms with Crippen molar-refractivity contribution in [3.8, 4) is 5.75 Å². The minimum atomic E-state index is 0.142. The molecule has 0 aromatic carbocycles. The Hall–Kier alpha value is -1.09. The highest BCUT2D eigenvalue weighted by Gasteiger charge is 2.18. The van der Waals surface area contributed by atoms with Crippen LogP contribution in [-0.4, -0.2) is 18.1 Å². The molecule has 3 nitrogen and oxygen atoms in total. The lowest BCUT2D eigenvalue weighted by Crippen LogP contribution is -2.29. The number of ether oxygens (including phenoxy) is 1. The van der Waals surface area contributed by atoms with Crippen molar-refractivity contribution in [3.05, 3.63) is 23.0 Å². The van der Waals surface area contributed by atoms with Crippen molar-refractivity contribution in [2.75, 3.05) is 7.11 Å². The Kier molecular flexibility index (Phi) is 4.74. The van der Waals surface area contributed by atoms with Crippen LogP contribution in [-0.2, 0) is 6.42 Å². The van der Waals surface area contributed by atoms with Crippen LogP contribution < -0.4 is 10.5 Å². The summed E-state index contributed by atoms with van der Waals surface area (Å²) in [6.45, 7) is 10.7. The molecule has 1 heterocycles. The van der Waals surface area contributed by atoms with E-state index in [1.165, 1.54) is 0 Å². The first-order valence-electron chi connectivity index (χ1n) is 6.49. The molecule has 2 N–H and O–H groups in total. The zero-order valence-corrected chi connectivity index (χ0v) is 12.5. The molecule has 1 unspecified atom stereocenters. The molecule has 0 aliphatic heterocycles. The van der Waals surface area contributed by atoms with Crippen LogP contribution in [0.5, 0.6) is 5.75 Å². The molecule has 0 aliphatic rings. The van der Waals surface area contributed by atoms with Crippen LogP contribution in [0.1, 0.15) is 44.0 Å². The second-order valence-electron chi connectivity index (χ2n) is 6.28. The number of rotatable bonds is 4. The summed E-state index contributed by atoms with van der Waals surface area (Å²) >= 11 is 0. The van der Waals surface area contributed by atoms with Crippen LogP contribution in [0.2, 0.25) is 0 Å². The first-order chi connectivity index (χ1) is 8.24. The van der Waals surface area contributed by atoms with Crippen LogP contribution in [0.15, 0.2) is 6.20 Å². The fraction of sp³-hybridized carbons (Fsp3) is 0.667. The van der Waals surface area contributed by atoms with Gasteiger partial charge >= 0.3 is 0 Å². The highest BCUT2D eigenvalue weighted by Crippen LogP contribution is 2.26. The number of aromatic nitrogens is 1. The van der Waals surface area contributed by atoms with E-state index in [9.17, 15) is 0 Å². The maximum Gasteiger partial charge on any atom is 0.128 e. The van der Waals surface area contributed by atoms with Crippen LogP contribution in [0, 0.1) is 19.3 Å². The van der Waals surface area contributed by atoms with E-state index in [4.69, 9.17) is 10.5 Å². The molecule has 3 heteroatoms. The topological polar surface area (TPSA) is 48.1 Å². The van der Waals surface area contributed by atoms with E-state index < -0.39 is 0 Å². The summed E-state index contributed by atoms with van der Waals surface area (Å²) in [6, 6.07) is 0.142. The molecule has 0 aliphatic carbocycles. The summed E-state index contributed by atoms with van der Waals surface area (Å²) in [5.74, 6) is 0.933. The predicted octanol–water partition coefficient (Wildman–Crippen LogP) is 3.01. The van der Waals surface area contributed by atoms with Gasteiger partial charge in [-0.1, -0.05) is 20.8 Å². The average Bonchev–Trinajstić information content (AvgIpc) is 2.20. The Labute approximate surface area is 111 Å². The van der Waals surface area contributed by atoms with Gasteiger partial charge in [0.05, 0.1) is 7.11 Å². The van der Waals surface area contributed by atoms with E-state index in [1.54, 1.807) is 7.11 Å². The highest BCUT2D eigenvalue weighted by atomic mass is 16.5. The van der Waals surface area contributed by atoms with Gasteiger partial charge in [0.25, 0.3) is 0 Å². The van der Waals surface area contributed by atoms with Crippen LogP contribution in [0.25, 0.3) is 0 Å². The third-order valence-corrected chi connectivity index (χ3v) is 3.08. The van der Waals surface area contributed by atoms with E-state index in [-0.39, 0.29) is 11.5 Å². The maximum atomic E-state index is 6.21. The number of aryl methyl sites for hydroxylation is 1. The lowest BCUT2D eigenvalue weighted by Gasteiger charge is -2.23. The molecule has 0 spiro atoms. The normalized spacial score (nSPS) is 13.5. The standard InChI is InChI=1S/C15H26N2O/c1-10-9-17-13(11(2)14(10)18-6)7-12(16)8-15(3,4)5/h9,12H,7-8,16H2,1-6H3. The van der Waals surface area contributed by atoms with Gasteiger partial charge in [-0.2, -0.15) is 0 Å². The predicted molar refractivity (Wildman–Crippen MR) is 76.0 cm³/mol. The largest absolute Gasteiger partial charge is 0.496 e. The number of pyridine rings is 1. The van der Waals surface area contributed by atoms with E-state index in [2.05, 4.69) is 32.7 Å². The number of hydrogen-bond donors (Lipinski definition) is 1. The van der Waals surface area contributed by atoms with Crippen molar-refractivity contribution in [2.45, 2.75) is 53.5 Å². The second-order valence-corrected chi connectivity index (χ2v) is 6.28. The molecule has 0 saturated carbocycles. The van der Waals surface area contributed by atoms with Crippen molar-refractivity contribution < 1.29 is 4.74 Å². The number of nitrogens with two attached hydrogens (primary N) is 1. The van der Waals surface area contributed by atoms with Gasteiger partial charge in [-0.3, -0.25) is 4.98 Å². The average molecular weight is 250 g/mol. The smallest absolute Gasteiger partial charge is 0.128 e. The Morgan fingerprint density at radius 1 is 1.33 bits per heavy atom. The minimum Gasteiger partial charge on any atom is -0.496 e. The van der Waals surface area contributed by atoms with Crippen molar-refractivity contribution >= 4 is 0 Å². The second kappa shape index (κ2) is 5.70. The van der Waals surface area contributed by atoms with Crippen molar-refractivity contribution in [2.24, 2.45) is 11.1 Å². The summed E-state index contributed by atoms with van der Waals surface area (Å²) in [4.78, 5) is 4.50.